The molecule has 17 heavy (non-hydrogen) atoms. The number of hydrogen-bond donors (Lipinski definition) is 0. The molecule has 6 heteroatoms. The van der Waals surface area contributed by atoms with E-state index in [0.717, 1.165) is 18.9 Å². The van der Waals surface area contributed by atoms with E-state index >= 15 is 0 Å². The predicted octanol–water partition coefficient (Wildman–Crippen LogP) is 2.35. The van der Waals surface area contributed by atoms with Gasteiger partial charge in [0.05, 0.1) is 7.11 Å². The van der Waals surface area contributed by atoms with Gasteiger partial charge in [-0.15, -0.1) is 0 Å². The van der Waals surface area contributed by atoms with Gasteiger partial charge in [-0.3, -0.25) is 0 Å². The van der Waals surface area contributed by atoms with Gasteiger partial charge < -0.3 is 9.47 Å². The second-order valence-electron chi connectivity index (χ2n) is 3.76. The Morgan fingerprint density at radius 1 is 1.47 bits per heavy atom. The Morgan fingerprint density at radius 2 is 2.18 bits per heavy atom. The Bertz CT molecular complexity index is 433. The zero-order valence-corrected chi connectivity index (χ0v) is 9.15. The number of methoxy groups -OCH3 is 1. The van der Waals surface area contributed by atoms with Crippen LogP contribution in [-0.4, -0.2) is 24.7 Å². The maximum Gasteiger partial charge on any atom is 0.387 e. The Kier molecular flexibility index (Phi) is 3.21. The molecule has 1 aliphatic carbocycles. The zero-order valence-electron chi connectivity index (χ0n) is 9.15. The van der Waals surface area contributed by atoms with Crippen LogP contribution in [0.3, 0.4) is 0 Å². The summed E-state index contributed by atoms with van der Waals surface area (Å²) in [5, 5.41) is 0. The van der Waals surface area contributed by atoms with Gasteiger partial charge in [-0.2, -0.15) is 8.78 Å². The number of alkyl halides is 2. The fourth-order valence-electron chi connectivity index (χ4n) is 1.49. The molecule has 0 bridgehead atoms. The van der Waals surface area contributed by atoms with Gasteiger partial charge in [0.1, 0.15) is 5.75 Å². The molecular weight excluding hydrogens is 232 g/mol. The highest BCUT2D eigenvalue weighted by molar-refractivity contribution is 5.87. The fourth-order valence-corrected chi connectivity index (χ4v) is 1.49. The second kappa shape index (κ2) is 4.65. The summed E-state index contributed by atoms with van der Waals surface area (Å²) in [7, 11) is 1.21. The van der Waals surface area contributed by atoms with Gasteiger partial charge in [-0.25, -0.2) is 9.78 Å². The van der Waals surface area contributed by atoms with E-state index in [1.54, 1.807) is 0 Å². The van der Waals surface area contributed by atoms with Gasteiger partial charge in [-0.05, 0) is 12.8 Å². The lowest BCUT2D eigenvalue weighted by molar-refractivity contribution is -0.0500. The van der Waals surface area contributed by atoms with E-state index in [9.17, 15) is 13.6 Å². The first-order valence-corrected chi connectivity index (χ1v) is 5.15. The molecule has 1 saturated carbocycles. The average Bonchev–Trinajstić information content (AvgIpc) is 3.10. The number of carbonyl (C=O) groups excluding carboxylic acids is 1. The highest BCUT2D eigenvalue weighted by Crippen LogP contribution is 2.40. The van der Waals surface area contributed by atoms with Gasteiger partial charge >= 0.3 is 12.6 Å². The van der Waals surface area contributed by atoms with Crippen LogP contribution in [-0.2, 0) is 4.74 Å². The lowest BCUT2D eigenvalue weighted by atomic mass is 10.2. The maximum atomic E-state index is 12.1. The third-order valence-corrected chi connectivity index (χ3v) is 2.43. The first-order chi connectivity index (χ1) is 8.10. The van der Waals surface area contributed by atoms with Crippen LogP contribution in [0.1, 0.15) is 34.9 Å². The zero-order chi connectivity index (χ0) is 12.4. The molecule has 1 aromatic heterocycles. The second-order valence-corrected chi connectivity index (χ2v) is 3.76. The highest BCUT2D eigenvalue weighted by Gasteiger charge is 2.27. The van der Waals surface area contributed by atoms with Crippen molar-refractivity contribution >= 4 is 5.97 Å². The summed E-state index contributed by atoms with van der Waals surface area (Å²) in [5.41, 5.74) is 0.594. The van der Waals surface area contributed by atoms with Crippen LogP contribution < -0.4 is 4.74 Å². The summed E-state index contributed by atoms with van der Waals surface area (Å²) >= 11 is 0. The molecule has 0 atom stereocenters. The molecule has 0 amide bonds. The third-order valence-electron chi connectivity index (χ3n) is 2.43. The van der Waals surface area contributed by atoms with E-state index in [1.807, 2.05) is 0 Å². The fraction of sp³-hybridized carbons (Fsp3) is 0.455. The summed E-state index contributed by atoms with van der Waals surface area (Å²) < 4.78 is 33.0. The number of ether oxygens (including phenoxy) is 2. The quantitative estimate of drug-likeness (QED) is 0.761. The predicted molar refractivity (Wildman–Crippen MR) is 54.2 cm³/mol. The minimum Gasteiger partial charge on any atom is -0.464 e. The summed E-state index contributed by atoms with van der Waals surface area (Å²) in [6.07, 6.45) is 1.90. The summed E-state index contributed by atoms with van der Waals surface area (Å²) in [6, 6.07) is 2.60. The number of esters is 1. The largest absolute Gasteiger partial charge is 0.464 e. The summed E-state index contributed by atoms with van der Waals surface area (Å²) in [4.78, 5) is 15.4. The minimum absolute atomic E-state index is 0.00690. The molecule has 0 N–H and O–H groups in total. The van der Waals surface area contributed by atoms with Crippen LogP contribution in [0.25, 0.3) is 0 Å². The van der Waals surface area contributed by atoms with Gasteiger partial charge in [0.25, 0.3) is 0 Å². The number of rotatable bonds is 4. The summed E-state index contributed by atoms with van der Waals surface area (Å²) in [6.45, 7) is -2.92. The van der Waals surface area contributed by atoms with Crippen molar-refractivity contribution in [2.24, 2.45) is 0 Å². The van der Waals surface area contributed by atoms with Crippen LogP contribution in [0.4, 0.5) is 8.78 Å². The van der Waals surface area contributed by atoms with Crippen molar-refractivity contribution in [3.8, 4) is 5.75 Å². The average molecular weight is 243 g/mol. The number of aromatic nitrogens is 1. The van der Waals surface area contributed by atoms with Crippen molar-refractivity contribution in [3.05, 3.63) is 23.5 Å². The molecular formula is C11H11F2NO3. The van der Waals surface area contributed by atoms with Crippen molar-refractivity contribution in [1.82, 2.24) is 4.98 Å². The van der Waals surface area contributed by atoms with E-state index in [2.05, 4.69) is 14.5 Å². The number of nitrogens with zero attached hydrogens (tertiary/aromatic N) is 1. The lowest BCUT2D eigenvalue weighted by Gasteiger charge is -2.08. The highest BCUT2D eigenvalue weighted by atomic mass is 19.3. The van der Waals surface area contributed by atoms with Gasteiger partial charge in [0, 0.05) is 23.7 Å². The van der Waals surface area contributed by atoms with Crippen molar-refractivity contribution in [1.29, 1.82) is 0 Å². The van der Waals surface area contributed by atoms with Crippen LogP contribution in [0.5, 0.6) is 5.75 Å². The van der Waals surface area contributed by atoms with Crippen molar-refractivity contribution in [3.63, 3.8) is 0 Å². The first kappa shape index (κ1) is 11.8. The molecule has 4 nitrogen and oxygen atoms in total. The first-order valence-electron chi connectivity index (χ1n) is 5.15. The molecule has 1 fully saturated rings. The van der Waals surface area contributed by atoms with Gasteiger partial charge in [0.2, 0.25) is 0 Å². The number of halogens is 2. The van der Waals surface area contributed by atoms with E-state index in [1.165, 1.54) is 13.2 Å². The van der Waals surface area contributed by atoms with Gasteiger partial charge in [0.15, 0.2) is 5.69 Å². The molecule has 0 saturated heterocycles. The van der Waals surface area contributed by atoms with E-state index in [0.29, 0.717) is 5.69 Å². The Labute approximate surface area is 96.6 Å². The van der Waals surface area contributed by atoms with Crippen LogP contribution in [0.2, 0.25) is 0 Å². The van der Waals surface area contributed by atoms with Crippen LogP contribution in [0, 0.1) is 0 Å². The lowest BCUT2D eigenvalue weighted by Crippen LogP contribution is -2.09. The number of hydrogen-bond acceptors (Lipinski definition) is 4. The molecule has 1 aliphatic rings. The monoisotopic (exact) mass is 243 g/mol. The van der Waals surface area contributed by atoms with Crippen molar-refractivity contribution in [2.75, 3.05) is 7.11 Å². The molecule has 0 aliphatic heterocycles. The Hall–Kier alpha value is -1.72. The molecule has 0 unspecified atom stereocenters. The number of pyridine rings is 1. The van der Waals surface area contributed by atoms with Crippen LogP contribution in [0.15, 0.2) is 12.1 Å². The van der Waals surface area contributed by atoms with E-state index < -0.39 is 12.6 Å². The van der Waals surface area contributed by atoms with Crippen LogP contribution >= 0.6 is 0 Å². The van der Waals surface area contributed by atoms with E-state index in [-0.39, 0.29) is 17.4 Å². The third kappa shape index (κ3) is 2.89. The SMILES string of the molecule is COC(=O)c1cc(OC(F)F)cc(C2CC2)n1. The maximum absolute atomic E-state index is 12.1. The molecule has 1 aromatic rings. The normalized spacial score (nSPS) is 14.8. The Balaban J connectivity index is 2.31. The molecule has 2 rings (SSSR count). The van der Waals surface area contributed by atoms with Crippen molar-refractivity contribution < 1.29 is 23.0 Å². The number of carbonyl (C=O) groups is 1. The van der Waals surface area contributed by atoms with Gasteiger partial charge in [-0.1, -0.05) is 0 Å². The molecule has 92 valence electrons. The smallest absolute Gasteiger partial charge is 0.387 e. The topological polar surface area (TPSA) is 48.4 Å². The molecule has 0 radical (unpaired) electrons. The molecule has 1 heterocycles. The Morgan fingerprint density at radius 3 is 2.71 bits per heavy atom. The summed E-state index contributed by atoms with van der Waals surface area (Å²) in [5.74, 6) is -0.483. The minimum atomic E-state index is -2.92. The molecule has 0 spiro atoms. The standard InChI is InChI=1S/C11H11F2NO3/c1-16-10(15)9-5-7(17-11(12)13)4-8(14-9)6-2-3-6/h4-6,11H,2-3H2,1H3. The molecule has 0 aromatic carbocycles. The van der Waals surface area contributed by atoms with Crippen molar-refractivity contribution in [2.45, 2.75) is 25.4 Å². The van der Waals surface area contributed by atoms with E-state index in [4.69, 9.17) is 0 Å².